The Kier molecular flexibility index (Phi) is 1.94. The molecule has 2 unspecified atom stereocenters. The number of carboxylic acids is 1. The third kappa shape index (κ3) is 1.50. The Morgan fingerprint density at radius 3 is 3.00 bits per heavy atom. The molecular formula is C10H12O3. The summed E-state index contributed by atoms with van der Waals surface area (Å²) in [6, 6.07) is 0. The van der Waals surface area contributed by atoms with Crippen LogP contribution >= 0.6 is 0 Å². The van der Waals surface area contributed by atoms with Crippen LogP contribution in [0.3, 0.4) is 0 Å². The van der Waals surface area contributed by atoms with Crippen molar-refractivity contribution < 1.29 is 14.7 Å². The average molecular weight is 180 g/mol. The van der Waals surface area contributed by atoms with Gasteiger partial charge in [0.1, 0.15) is 0 Å². The summed E-state index contributed by atoms with van der Waals surface area (Å²) in [5.41, 5.74) is 1.07. The molecule has 2 aliphatic rings. The first kappa shape index (κ1) is 8.48. The number of ketones is 1. The minimum atomic E-state index is -0.720. The van der Waals surface area contributed by atoms with E-state index in [1.165, 1.54) is 0 Å². The van der Waals surface area contributed by atoms with Crippen molar-refractivity contribution in [2.75, 3.05) is 0 Å². The Hall–Kier alpha value is -1.12. The van der Waals surface area contributed by atoms with Gasteiger partial charge in [0, 0.05) is 6.42 Å². The van der Waals surface area contributed by atoms with Gasteiger partial charge in [-0.25, -0.2) is 0 Å². The zero-order valence-corrected chi connectivity index (χ0v) is 7.32. The Morgan fingerprint density at radius 2 is 2.31 bits per heavy atom. The molecule has 1 fully saturated rings. The Balaban J connectivity index is 2.15. The van der Waals surface area contributed by atoms with Crippen molar-refractivity contribution in [2.45, 2.75) is 25.7 Å². The van der Waals surface area contributed by atoms with Crippen molar-refractivity contribution in [3.8, 4) is 0 Å². The fourth-order valence-corrected chi connectivity index (χ4v) is 2.29. The van der Waals surface area contributed by atoms with Gasteiger partial charge in [0.15, 0.2) is 5.78 Å². The first-order chi connectivity index (χ1) is 6.16. The van der Waals surface area contributed by atoms with Gasteiger partial charge in [-0.15, -0.1) is 0 Å². The zero-order valence-electron chi connectivity index (χ0n) is 7.32. The maximum absolute atomic E-state index is 11.1. The fraction of sp³-hybridized carbons (Fsp3) is 0.600. The van der Waals surface area contributed by atoms with Gasteiger partial charge >= 0.3 is 5.97 Å². The normalized spacial score (nSPS) is 32.6. The van der Waals surface area contributed by atoms with E-state index in [0.29, 0.717) is 18.8 Å². The van der Waals surface area contributed by atoms with Gasteiger partial charge < -0.3 is 5.11 Å². The number of hydrogen-bond donors (Lipinski definition) is 1. The number of carboxylic acid groups (broad SMARTS) is 1. The molecule has 13 heavy (non-hydrogen) atoms. The highest BCUT2D eigenvalue weighted by molar-refractivity contribution is 5.91. The summed E-state index contributed by atoms with van der Waals surface area (Å²) < 4.78 is 0. The van der Waals surface area contributed by atoms with Crippen LogP contribution in [0.5, 0.6) is 0 Å². The first-order valence-electron chi connectivity index (χ1n) is 4.63. The Bertz CT molecular complexity index is 291. The predicted molar refractivity (Wildman–Crippen MR) is 46.2 cm³/mol. The minimum Gasteiger partial charge on any atom is -0.481 e. The molecule has 0 amide bonds. The lowest BCUT2D eigenvalue weighted by Crippen LogP contribution is -2.10. The van der Waals surface area contributed by atoms with Crippen LogP contribution in [0.2, 0.25) is 0 Å². The summed E-state index contributed by atoms with van der Waals surface area (Å²) in [5.74, 6) is -0.430. The van der Waals surface area contributed by atoms with E-state index >= 15 is 0 Å². The molecule has 0 spiro atoms. The number of carbonyl (C=O) groups is 2. The van der Waals surface area contributed by atoms with Gasteiger partial charge in [0.2, 0.25) is 0 Å². The smallest absolute Gasteiger partial charge is 0.306 e. The molecule has 70 valence electrons. The molecule has 0 heterocycles. The van der Waals surface area contributed by atoms with Crippen molar-refractivity contribution in [1.82, 2.24) is 0 Å². The molecule has 0 aromatic heterocycles. The van der Waals surface area contributed by atoms with E-state index in [0.717, 1.165) is 18.4 Å². The van der Waals surface area contributed by atoms with Crippen molar-refractivity contribution in [2.24, 2.45) is 11.8 Å². The maximum atomic E-state index is 11.1. The number of carbonyl (C=O) groups excluding carboxylic acids is 1. The summed E-state index contributed by atoms with van der Waals surface area (Å²) in [5, 5.41) is 8.81. The quantitative estimate of drug-likeness (QED) is 0.663. The predicted octanol–water partition coefficient (Wildman–Crippen LogP) is 1.39. The average Bonchev–Trinajstić information content (AvgIpc) is 2.46. The lowest BCUT2D eigenvalue weighted by atomic mass is 9.90. The van der Waals surface area contributed by atoms with Gasteiger partial charge in [-0.1, -0.05) is 5.57 Å². The van der Waals surface area contributed by atoms with Crippen molar-refractivity contribution in [1.29, 1.82) is 0 Å². The lowest BCUT2D eigenvalue weighted by molar-refractivity contribution is -0.141. The van der Waals surface area contributed by atoms with E-state index < -0.39 is 5.97 Å². The van der Waals surface area contributed by atoms with Crippen molar-refractivity contribution in [3.63, 3.8) is 0 Å². The molecule has 3 heteroatoms. The molecule has 2 aliphatic carbocycles. The number of hydrogen-bond acceptors (Lipinski definition) is 2. The second-order valence-electron chi connectivity index (χ2n) is 3.90. The van der Waals surface area contributed by atoms with E-state index in [1.807, 2.05) is 0 Å². The third-order valence-electron chi connectivity index (χ3n) is 3.01. The van der Waals surface area contributed by atoms with Gasteiger partial charge in [-0.05, 0) is 31.3 Å². The molecule has 0 saturated heterocycles. The van der Waals surface area contributed by atoms with Crippen LogP contribution < -0.4 is 0 Å². The van der Waals surface area contributed by atoms with E-state index in [4.69, 9.17) is 5.11 Å². The molecule has 0 aliphatic heterocycles. The molecular weight excluding hydrogens is 168 g/mol. The number of allylic oxidation sites excluding steroid dienone is 2. The molecule has 1 saturated carbocycles. The fourth-order valence-electron chi connectivity index (χ4n) is 2.29. The first-order valence-corrected chi connectivity index (χ1v) is 4.63. The molecule has 3 nitrogen and oxygen atoms in total. The highest BCUT2D eigenvalue weighted by atomic mass is 16.4. The molecule has 1 N–H and O–H groups in total. The van der Waals surface area contributed by atoms with Gasteiger partial charge in [-0.3, -0.25) is 9.59 Å². The van der Waals surface area contributed by atoms with E-state index in [2.05, 4.69) is 0 Å². The molecule has 0 aromatic rings. The summed E-state index contributed by atoms with van der Waals surface area (Å²) in [6.07, 6.45) is 4.44. The molecule has 0 radical (unpaired) electrons. The third-order valence-corrected chi connectivity index (χ3v) is 3.01. The molecule has 0 aromatic carbocycles. The van der Waals surface area contributed by atoms with E-state index in [9.17, 15) is 9.59 Å². The summed E-state index contributed by atoms with van der Waals surface area (Å²) in [4.78, 5) is 21.8. The SMILES string of the molecule is O=C1C=C2CC(C(=O)O)CC2CC1. The van der Waals surface area contributed by atoms with Crippen LogP contribution in [0.4, 0.5) is 0 Å². The highest BCUT2D eigenvalue weighted by Crippen LogP contribution is 2.40. The van der Waals surface area contributed by atoms with Crippen molar-refractivity contribution >= 4 is 11.8 Å². The summed E-state index contributed by atoms with van der Waals surface area (Å²) in [6.45, 7) is 0. The monoisotopic (exact) mass is 180 g/mol. The van der Waals surface area contributed by atoms with Gasteiger partial charge in [0.05, 0.1) is 5.92 Å². The molecule has 0 bridgehead atoms. The van der Waals surface area contributed by atoms with Gasteiger partial charge in [0.25, 0.3) is 0 Å². The minimum absolute atomic E-state index is 0.164. The number of fused-ring (bicyclic) bond motifs is 1. The summed E-state index contributed by atoms with van der Waals surface area (Å²) in [7, 11) is 0. The van der Waals surface area contributed by atoms with Crippen LogP contribution in [0.15, 0.2) is 11.6 Å². The largest absolute Gasteiger partial charge is 0.481 e. The lowest BCUT2D eigenvalue weighted by Gasteiger charge is -2.14. The number of aliphatic carboxylic acids is 1. The Morgan fingerprint density at radius 1 is 1.54 bits per heavy atom. The van der Waals surface area contributed by atoms with Crippen LogP contribution in [-0.2, 0) is 9.59 Å². The van der Waals surface area contributed by atoms with E-state index in [-0.39, 0.29) is 11.7 Å². The molecule has 2 rings (SSSR count). The second-order valence-corrected chi connectivity index (χ2v) is 3.90. The molecule has 2 atom stereocenters. The standard InChI is InChI=1S/C10H12O3/c11-9-2-1-6-3-8(10(12)13)4-7(6)5-9/h5-6,8H,1-4H2,(H,12,13). The Labute approximate surface area is 76.4 Å². The maximum Gasteiger partial charge on any atom is 0.306 e. The number of rotatable bonds is 1. The topological polar surface area (TPSA) is 54.4 Å². The van der Waals surface area contributed by atoms with Crippen LogP contribution in [-0.4, -0.2) is 16.9 Å². The zero-order chi connectivity index (χ0) is 9.42. The second kappa shape index (κ2) is 2.98. The van der Waals surface area contributed by atoms with Crippen molar-refractivity contribution in [3.05, 3.63) is 11.6 Å². The van der Waals surface area contributed by atoms with Crippen LogP contribution in [0.1, 0.15) is 25.7 Å². The van der Waals surface area contributed by atoms with Gasteiger partial charge in [-0.2, -0.15) is 0 Å². The highest BCUT2D eigenvalue weighted by Gasteiger charge is 2.35. The van der Waals surface area contributed by atoms with Crippen LogP contribution in [0, 0.1) is 11.8 Å². The summed E-state index contributed by atoms with van der Waals surface area (Å²) >= 11 is 0. The van der Waals surface area contributed by atoms with Crippen LogP contribution in [0.25, 0.3) is 0 Å². The van der Waals surface area contributed by atoms with E-state index in [1.54, 1.807) is 6.08 Å².